The van der Waals surface area contributed by atoms with E-state index in [1.807, 2.05) is 49.4 Å². The van der Waals surface area contributed by atoms with Crippen LogP contribution in [0.25, 0.3) is 28.2 Å². The second-order valence-electron chi connectivity index (χ2n) is 5.35. The number of pyridine rings is 1. The Morgan fingerprint density at radius 1 is 1.00 bits per heavy atom. The average molecular weight is 302 g/mol. The third kappa shape index (κ3) is 2.23. The van der Waals surface area contributed by atoms with E-state index >= 15 is 0 Å². The van der Waals surface area contributed by atoms with Crippen LogP contribution in [0.1, 0.15) is 5.56 Å². The molecule has 0 fully saturated rings. The summed E-state index contributed by atoms with van der Waals surface area (Å²) in [5.41, 5.74) is 4.92. The Balaban J connectivity index is 1.97. The molecule has 4 rings (SSSR count). The highest BCUT2D eigenvalue weighted by atomic mass is 16.1. The first-order valence-electron chi connectivity index (χ1n) is 7.32. The van der Waals surface area contributed by atoms with Gasteiger partial charge < -0.3 is 0 Å². The van der Waals surface area contributed by atoms with Crippen LogP contribution in [0.15, 0.2) is 65.7 Å². The van der Waals surface area contributed by atoms with Crippen LogP contribution < -0.4 is 5.56 Å². The fraction of sp³-hybridized carbons (Fsp3) is 0.0556. The number of hydrogen-bond acceptors (Lipinski definition) is 3. The van der Waals surface area contributed by atoms with Gasteiger partial charge >= 0.3 is 0 Å². The van der Waals surface area contributed by atoms with Crippen LogP contribution >= 0.6 is 0 Å². The molecule has 0 aliphatic heterocycles. The molecule has 23 heavy (non-hydrogen) atoms. The minimum atomic E-state index is -0.132. The van der Waals surface area contributed by atoms with Crippen molar-refractivity contribution in [2.75, 3.05) is 0 Å². The molecule has 5 nitrogen and oxygen atoms in total. The second kappa shape index (κ2) is 5.21. The summed E-state index contributed by atoms with van der Waals surface area (Å²) in [6.45, 7) is 1.97. The molecule has 1 aromatic carbocycles. The number of fused-ring (bicyclic) bond motifs is 1. The summed E-state index contributed by atoms with van der Waals surface area (Å²) in [7, 11) is 0. The molecule has 112 valence electrons. The lowest BCUT2D eigenvalue weighted by molar-refractivity contribution is 0.904. The Morgan fingerprint density at radius 2 is 1.74 bits per heavy atom. The summed E-state index contributed by atoms with van der Waals surface area (Å²) in [5.74, 6) is 0. The predicted molar refractivity (Wildman–Crippen MR) is 89.2 cm³/mol. The molecule has 4 aromatic rings. The Labute approximate surface area is 132 Å². The van der Waals surface area contributed by atoms with Crippen molar-refractivity contribution in [2.45, 2.75) is 6.92 Å². The maximum absolute atomic E-state index is 12.4. The van der Waals surface area contributed by atoms with E-state index in [0.717, 1.165) is 22.4 Å². The maximum Gasteiger partial charge on any atom is 0.273 e. The van der Waals surface area contributed by atoms with E-state index < -0.39 is 0 Å². The largest absolute Gasteiger partial charge is 0.289 e. The van der Waals surface area contributed by atoms with Gasteiger partial charge in [0.15, 0.2) is 5.65 Å². The van der Waals surface area contributed by atoms with Crippen molar-refractivity contribution in [2.24, 2.45) is 0 Å². The minimum absolute atomic E-state index is 0.132. The molecule has 0 unspecified atom stereocenters. The number of nitrogens with one attached hydrogen (secondary N) is 1. The molecule has 1 N–H and O–H groups in total. The van der Waals surface area contributed by atoms with Crippen molar-refractivity contribution in [3.8, 4) is 22.5 Å². The molecule has 0 atom stereocenters. The van der Waals surface area contributed by atoms with Gasteiger partial charge in [-0.05, 0) is 24.6 Å². The molecule has 0 aliphatic rings. The number of nitrogens with zero attached hydrogens (tertiary/aromatic N) is 3. The fourth-order valence-corrected chi connectivity index (χ4v) is 2.71. The monoisotopic (exact) mass is 302 g/mol. The molecule has 0 saturated heterocycles. The first kappa shape index (κ1) is 13.5. The zero-order valence-corrected chi connectivity index (χ0v) is 12.5. The van der Waals surface area contributed by atoms with Gasteiger partial charge in [-0.2, -0.15) is 0 Å². The molecule has 0 radical (unpaired) electrons. The second-order valence-corrected chi connectivity index (χ2v) is 5.35. The van der Waals surface area contributed by atoms with E-state index in [2.05, 4.69) is 15.1 Å². The van der Waals surface area contributed by atoms with Crippen molar-refractivity contribution >= 4 is 5.65 Å². The van der Waals surface area contributed by atoms with Crippen molar-refractivity contribution in [1.29, 1.82) is 0 Å². The van der Waals surface area contributed by atoms with Crippen LogP contribution in [0.4, 0.5) is 0 Å². The molecule has 0 bridgehead atoms. The number of rotatable bonds is 2. The number of aromatic nitrogens is 4. The van der Waals surface area contributed by atoms with Crippen molar-refractivity contribution in [1.82, 2.24) is 19.6 Å². The normalized spacial score (nSPS) is 11.0. The van der Waals surface area contributed by atoms with E-state index in [9.17, 15) is 4.79 Å². The zero-order chi connectivity index (χ0) is 15.8. The van der Waals surface area contributed by atoms with E-state index in [1.165, 1.54) is 10.6 Å². The Morgan fingerprint density at radius 3 is 2.48 bits per heavy atom. The molecule has 3 heterocycles. The van der Waals surface area contributed by atoms with Gasteiger partial charge in [0.25, 0.3) is 5.56 Å². The maximum atomic E-state index is 12.4. The predicted octanol–water partition coefficient (Wildman–Crippen LogP) is 3.06. The zero-order valence-electron chi connectivity index (χ0n) is 12.5. The van der Waals surface area contributed by atoms with Gasteiger partial charge in [-0.25, -0.2) is 9.50 Å². The number of aryl methyl sites for hydroxylation is 1. The van der Waals surface area contributed by atoms with Gasteiger partial charge in [0.05, 0.1) is 11.4 Å². The Bertz CT molecular complexity index is 1030. The van der Waals surface area contributed by atoms with Gasteiger partial charge in [-0.3, -0.25) is 14.9 Å². The molecule has 0 spiro atoms. The van der Waals surface area contributed by atoms with Crippen molar-refractivity contribution < 1.29 is 0 Å². The topological polar surface area (TPSA) is 63.0 Å². The van der Waals surface area contributed by atoms with Crippen LogP contribution in [0.3, 0.4) is 0 Å². The molecule has 0 saturated carbocycles. The lowest BCUT2D eigenvalue weighted by Crippen LogP contribution is -2.14. The van der Waals surface area contributed by atoms with Crippen LogP contribution in [-0.2, 0) is 0 Å². The lowest BCUT2D eigenvalue weighted by atomic mass is 10.1. The van der Waals surface area contributed by atoms with Gasteiger partial charge in [0.2, 0.25) is 0 Å². The highest BCUT2D eigenvalue weighted by Gasteiger charge is 2.13. The Kier molecular flexibility index (Phi) is 3.05. The molecule has 0 amide bonds. The van der Waals surface area contributed by atoms with E-state index in [-0.39, 0.29) is 5.56 Å². The van der Waals surface area contributed by atoms with E-state index in [1.54, 1.807) is 12.4 Å². The third-order valence-corrected chi connectivity index (χ3v) is 3.89. The summed E-state index contributed by atoms with van der Waals surface area (Å²) in [4.78, 5) is 21.1. The number of hydrogen-bond donors (Lipinski definition) is 1. The molecular formula is C18H14N4O. The summed E-state index contributed by atoms with van der Waals surface area (Å²) in [6.07, 6.45) is 3.39. The quantitative estimate of drug-likeness (QED) is 0.619. The third-order valence-electron chi connectivity index (χ3n) is 3.89. The number of H-pyrrole nitrogens is 1. The molecule has 0 aliphatic carbocycles. The Hall–Kier alpha value is -3.21. The number of aromatic amines is 1. The summed E-state index contributed by atoms with van der Waals surface area (Å²) in [5, 5.41) is 3.16. The van der Waals surface area contributed by atoms with E-state index in [0.29, 0.717) is 11.3 Å². The summed E-state index contributed by atoms with van der Waals surface area (Å²) < 4.78 is 1.49. The standard InChI is InChI=1S/C18H14N4O/c1-12-17(14-5-3-2-4-6-14)21-22-16(23)11-15(20-18(12)22)13-7-9-19-10-8-13/h2-11,21H,1H3. The first-order chi connectivity index (χ1) is 11.2. The smallest absolute Gasteiger partial charge is 0.273 e. The fourth-order valence-electron chi connectivity index (χ4n) is 2.71. The number of benzene rings is 1. The molecule has 5 heteroatoms. The highest BCUT2D eigenvalue weighted by molar-refractivity contribution is 5.71. The van der Waals surface area contributed by atoms with Gasteiger partial charge in [0.1, 0.15) is 0 Å². The highest BCUT2D eigenvalue weighted by Crippen LogP contribution is 2.24. The van der Waals surface area contributed by atoms with E-state index in [4.69, 9.17) is 0 Å². The average Bonchev–Trinajstić information content (AvgIpc) is 2.94. The molecular weight excluding hydrogens is 288 g/mol. The van der Waals surface area contributed by atoms with Gasteiger partial charge in [0, 0.05) is 29.6 Å². The van der Waals surface area contributed by atoms with Crippen LogP contribution in [0, 0.1) is 6.92 Å². The summed E-state index contributed by atoms with van der Waals surface area (Å²) >= 11 is 0. The van der Waals surface area contributed by atoms with Gasteiger partial charge in [-0.1, -0.05) is 30.3 Å². The van der Waals surface area contributed by atoms with Gasteiger partial charge in [-0.15, -0.1) is 0 Å². The van der Waals surface area contributed by atoms with Crippen LogP contribution in [0.2, 0.25) is 0 Å². The van der Waals surface area contributed by atoms with Crippen molar-refractivity contribution in [3.05, 3.63) is 76.8 Å². The first-order valence-corrected chi connectivity index (χ1v) is 7.32. The summed E-state index contributed by atoms with van der Waals surface area (Å²) in [6, 6.07) is 15.1. The minimum Gasteiger partial charge on any atom is -0.289 e. The van der Waals surface area contributed by atoms with Crippen LogP contribution in [0.5, 0.6) is 0 Å². The SMILES string of the molecule is Cc1c(-c2ccccc2)[nH]n2c(=O)cc(-c3ccncc3)nc12. The lowest BCUT2D eigenvalue weighted by Gasteiger charge is -2.00. The van der Waals surface area contributed by atoms with Crippen molar-refractivity contribution in [3.63, 3.8) is 0 Å². The van der Waals surface area contributed by atoms with Crippen LogP contribution in [-0.4, -0.2) is 19.6 Å². The molecule has 3 aromatic heterocycles.